The molecule has 4 nitrogen and oxygen atoms in total. The molecule has 0 aromatic heterocycles. The Hall–Kier alpha value is -0.740. The minimum atomic E-state index is -1.37. The van der Waals surface area contributed by atoms with Gasteiger partial charge in [-0.25, -0.2) is 0 Å². The van der Waals surface area contributed by atoms with E-state index in [9.17, 15) is 9.59 Å². The summed E-state index contributed by atoms with van der Waals surface area (Å²) in [5, 5.41) is 0. The molecule has 0 saturated heterocycles. The van der Waals surface area contributed by atoms with Crippen LogP contribution in [0, 0.1) is 0 Å². The second-order valence-electron chi connectivity index (χ2n) is 4.15. The van der Waals surface area contributed by atoms with Gasteiger partial charge < -0.3 is 9.47 Å². The van der Waals surface area contributed by atoms with Crippen molar-refractivity contribution in [2.75, 3.05) is 13.7 Å². The van der Waals surface area contributed by atoms with Crippen molar-refractivity contribution in [2.45, 2.75) is 38.4 Å². The van der Waals surface area contributed by atoms with Crippen molar-refractivity contribution in [2.24, 2.45) is 0 Å². The lowest BCUT2D eigenvalue weighted by Gasteiger charge is -2.30. The molecule has 0 spiro atoms. The molecule has 0 aliphatic rings. The number of carbonyl (C=O) groups excluding carboxylic acids is 2. The lowest BCUT2D eigenvalue weighted by molar-refractivity contribution is -0.162. The van der Waals surface area contributed by atoms with Gasteiger partial charge in [-0.3, -0.25) is 9.59 Å². The summed E-state index contributed by atoms with van der Waals surface area (Å²) in [5.41, 5.74) is -1.90. The summed E-state index contributed by atoms with van der Waals surface area (Å²) in [4.78, 5) is 21.7. The number of aldehydes is 2. The summed E-state index contributed by atoms with van der Waals surface area (Å²) in [5.74, 6) is 0. The van der Waals surface area contributed by atoms with Gasteiger partial charge in [0.1, 0.15) is 0 Å². The molecule has 0 aliphatic heterocycles. The monoisotopic (exact) mass is 202 g/mol. The van der Waals surface area contributed by atoms with Gasteiger partial charge >= 0.3 is 0 Å². The highest BCUT2D eigenvalue weighted by atomic mass is 16.5. The number of rotatable bonds is 6. The Bertz CT molecular complexity index is 185. The predicted octanol–water partition coefficient (Wildman–Crippen LogP) is 0.975. The van der Waals surface area contributed by atoms with Gasteiger partial charge in [0, 0.05) is 20.1 Å². The van der Waals surface area contributed by atoms with E-state index in [2.05, 4.69) is 0 Å². The zero-order valence-corrected chi connectivity index (χ0v) is 9.20. The highest BCUT2D eigenvalue weighted by Gasteiger charge is 2.34. The molecule has 0 aromatic rings. The molecule has 0 atom stereocenters. The van der Waals surface area contributed by atoms with Gasteiger partial charge in [0.15, 0.2) is 18.2 Å². The molecule has 0 bridgehead atoms. The molecule has 82 valence electrons. The minimum absolute atomic E-state index is 0.244. The smallest absolute Gasteiger partial charge is 0.181 e. The van der Waals surface area contributed by atoms with E-state index in [-0.39, 0.29) is 6.42 Å². The second-order valence-corrected chi connectivity index (χ2v) is 4.15. The fourth-order valence-corrected chi connectivity index (χ4v) is 1.08. The van der Waals surface area contributed by atoms with Crippen LogP contribution in [0.15, 0.2) is 0 Å². The van der Waals surface area contributed by atoms with Gasteiger partial charge in [0.05, 0.1) is 5.60 Å². The number of hydrogen-bond donors (Lipinski definition) is 0. The molecule has 0 heterocycles. The maximum absolute atomic E-state index is 10.8. The van der Waals surface area contributed by atoms with Crippen molar-refractivity contribution < 1.29 is 19.1 Å². The Morgan fingerprint density at radius 3 is 1.93 bits per heavy atom. The molecule has 0 N–H and O–H groups in total. The van der Waals surface area contributed by atoms with E-state index in [1.165, 1.54) is 7.11 Å². The molecule has 0 aliphatic carbocycles. The van der Waals surface area contributed by atoms with Crippen molar-refractivity contribution in [3.63, 3.8) is 0 Å². The molecule has 14 heavy (non-hydrogen) atoms. The van der Waals surface area contributed by atoms with Crippen LogP contribution in [0.2, 0.25) is 0 Å². The van der Waals surface area contributed by atoms with Crippen LogP contribution < -0.4 is 0 Å². The lowest BCUT2D eigenvalue weighted by atomic mass is 10.0. The third-order valence-corrected chi connectivity index (χ3v) is 1.59. The summed E-state index contributed by atoms with van der Waals surface area (Å²) in [6, 6.07) is 0. The van der Waals surface area contributed by atoms with Crippen molar-refractivity contribution in [1.29, 1.82) is 0 Å². The van der Waals surface area contributed by atoms with Gasteiger partial charge in [-0.05, 0) is 20.8 Å². The quantitative estimate of drug-likeness (QED) is 0.476. The minimum Gasteiger partial charge on any atom is -0.385 e. The van der Waals surface area contributed by atoms with Crippen LogP contribution >= 0.6 is 0 Å². The highest BCUT2D eigenvalue weighted by Crippen LogP contribution is 2.20. The van der Waals surface area contributed by atoms with E-state index >= 15 is 0 Å². The molecule has 0 rings (SSSR count). The van der Waals surface area contributed by atoms with Gasteiger partial charge in [0.25, 0.3) is 0 Å². The first-order chi connectivity index (χ1) is 6.39. The Morgan fingerprint density at radius 2 is 1.64 bits per heavy atom. The first kappa shape index (κ1) is 13.3. The first-order valence-corrected chi connectivity index (χ1v) is 4.51. The van der Waals surface area contributed by atoms with E-state index < -0.39 is 11.2 Å². The van der Waals surface area contributed by atoms with E-state index in [0.717, 1.165) is 0 Å². The number of hydrogen-bond acceptors (Lipinski definition) is 4. The lowest BCUT2D eigenvalue weighted by Crippen LogP contribution is -2.43. The van der Waals surface area contributed by atoms with Crippen LogP contribution in [0.5, 0.6) is 0 Å². The van der Waals surface area contributed by atoms with Gasteiger partial charge in [-0.2, -0.15) is 0 Å². The summed E-state index contributed by atoms with van der Waals surface area (Å²) in [6.07, 6.45) is 1.31. The molecule has 0 fully saturated rings. The molecule has 0 radical (unpaired) electrons. The maximum atomic E-state index is 10.8. The molecule has 0 amide bonds. The predicted molar refractivity (Wildman–Crippen MR) is 52.2 cm³/mol. The molecule has 0 unspecified atom stereocenters. The SMILES string of the molecule is COCCC(C=O)(C=O)OC(C)(C)C. The second kappa shape index (κ2) is 5.22. The Kier molecular flexibility index (Phi) is 4.94. The van der Waals surface area contributed by atoms with Gasteiger partial charge in [-0.1, -0.05) is 0 Å². The zero-order valence-electron chi connectivity index (χ0n) is 9.20. The standard InChI is InChI=1S/C10H18O4/c1-9(2,3)14-10(7-11,8-12)5-6-13-4/h7-8H,5-6H2,1-4H3. The van der Waals surface area contributed by atoms with Gasteiger partial charge in [0.2, 0.25) is 0 Å². The fourth-order valence-electron chi connectivity index (χ4n) is 1.08. The third-order valence-electron chi connectivity index (χ3n) is 1.59. The number of ether oxygens (including phenoxy) is 2. The Morgan fingerprint density at radius 1 is 1.14 bits per heavy atom. The fraction of sp³-hybridized carbons (Fsp3) is 0.800. The molecule has 0 aromatic carbocycles. The Balaban J connectivity index is 4.53. The topological polar surface area (TPSA) is 52.6 Å². The summed E-state index contributed by atoms with van der Waals surface area (Å²) < 4.78 is 10.2. The molecule has 0 saturated carbocycles. The third kappa shape index (κ3) is 4.48. The summed E-state index contributed by atoms with van der Waals surface area (Å²) in [7, 11) is 1.51. The zero-order chi connectivity index (χ0) is 11.2. The van der Waals surface area contributed by atoms with E-state index in [4.69, 9.17) is 9.47 Å². The molecular formula is C10H18O4. The average Bonchev–Trinajstić information content (AvgIpc) is 2.10. The highest BCUT2D eigenvalue weighted by molar-refractivity contribution is 5.87. The van der Waals surface area contributed by atoms with Crippen LogP contribution in [0.3, 0.4) is 0 Å². The van der Waals surface area contributed by atoms with Crippen LogP contribution in [0.4, 0.5) is 0 Å². The van der Waals surface area contributed by atoms with Crippen molar-refractivity contribution in [3.8, 4) is 0 Å². The van der Waals surface area contributed by atoms with Crippen LogP contribution in [-0.4, -0.2) is 37.5 Å². The molecular weight excluding hydrogens is 184 g/mol. The first-order valence-electron chi connectivity index (χ1n) is 4.51. The van der Waals surface area contributed by atoms with Crippen LogP contribution in [-0.2, 0) is 19.1 Å². The van der Waals surface area contributed by atoms with E-state index in [1.54, 1.807) is 20.8 Å². The maximum Gasteiger partial charge on any atom is 0.181 e. The van der Waals surface area contributed by atoms with E-state index in [0.29, 0.717) is 19.2 Å². The van der Waals surface area contributed by atoms with Gasteiger partial charge in [-0.15, -0.1) is 0 Å². The normalized spacial score (nSPS) is 12.6. The Labute approximate surface area is 84.6 Å². The molecule has 4 heteroatoms. The largest absolute Gasteiger partial charge is 0.385 e. The van der Waals surface area contributed by atoms with Crippen molar-refractivity contribution in [1.82, 2.24) is 0 Å². The van der Waals surface area contributed by atoms with Crippen LogP contribution in [0.1, 0.15) is 27.2 Å². The summed E-state index contributed by atoms with van der Waals surface area (Å²) >= 11 is 0. The van der Waals surface area contributed by atoms with Crippen LogP contribution in [0.25, 0.3) is 0 Å². The number of carbonyl (C=O) groups is 2. The van der Waals surface area contributed by atoms with Crippen molar-refractivity contribution in [3.05, 3.63) is 0 Å². The average molecular weight is 202 g/mol. The van der Waals surface area contributed by atoms with E-state index in [1.807, 2.05) is 0 Å². The number of methoxy groups -OCH3 is 1. The summed E-state index contributed by atoms with van der Waals surface area (Å²) in [6.45, 7) is 5.69. The van der Waals surface area contributed by atoms with Crippen molar-refractivity contribution >= 4 is 12.6 Å².